The van der Waals surface area contributed by atoms with E-state index in [0.29, 0.717) is 10.7 Å². The number of pyridine rings is 1. The normalized spacial score (nSPS) is 15.7. The van der Waals surface area contributed by atoms with Crippen molar-refractivity contribution in [2.75, 3.05) is 0 Å². The third kappa shape index (κ3) is 3.65. The topological polar surface area (TPSA) is 46.9 Å². The molecule has 4 nitrogen and oxygen atoms in total. The van der Waals surface area contributed by atoms with E-state index in [1.165, 1.54) is 0 Å². The van der Waals surface area contributed by atoms with Crippen molar-refractivity contribution in [2.24, 2.45) is 0 Å². The molecule has 0 bridgehead atoms. The monoisotopic (exact) mass is 413 g/mol. The second kappa shape index (κ2) is 8.15. The summed E-state index contributed by atoms with van der Waals surface area (Å²) in [5.74, 6) is -0.0962. The lowest BCUT2D eigenvalue weighted by molar-refractivity contribution is 0.0952. The number of rotatable bonds is 2. The van der Waals surface area contributed by atoms with E-state index < -0.39 is 0 Å². The van der Waals surface area contributed by atoms with Crippen LogP contribution in [0.5, 0.6) is 0 Å². The minimum Gasteiger partial charge on any atom is -0.364 e. The van der Waals surface area contributed by atoms with Crippen molar-refractivity contribution < 1.29 is 4.79 Å². The number of hydrogen-bond donors (Lipinski definition) is 1. The molecule has 1 unspecified atom stereocenters. The zero-order valence-corrected chi connectivity index (χ0v) is 16.0. The highest BCUT2D eigenvalue weighted by molar-refractivity contribution is 8.02. The van der Waals surface area contributed by atoms with Crippen LogP contribution < -0.4 is 5.32 Å². The van der Waals surface area contributed by atoms with Crippen LogP contribution in [-0.2, 0) is 0 Å². The molecule has 3 heterocycles. The van der Waals surface area contributed by atoms with E-state index in [4.69, 9.17) is 11.6 Å². The lowest BCUT2D eigenvalue weighted by Crippen LogP contribution is -2.23. The van der Waals surface area contributed by atoms with Crippen molar-refractivity contribution in [1.82, 2.24) is 14.9 Å². The third-order valence-corrected chi connectivity index (χ3v) is 5.09. The number of nitrogens with one attached hydrogen (secondary N) is 1. The lowest BCUT2D eigenvalue weighted by atomic mass is 10.2. The van der Waals surface area contributed by atoms with Gasteiger partial charge < -0.3 is 5.32 Å². The van der Waals surface area contributed by atoms with E-state index in [1.54, 1.807) is 34.9 Å². The van der Waals surface area contributed by atoms with Gasteiger partial charge in [0.2, 0.25) is 0 Å². The molecule has 0 amide bonds. The predicted molar refractivity (Wildman–Crippen MR) is 108 cm³/mol. The highest BCUT2D eigenvalue weighted by Crippen LogP contribution is 2.34. The van der Waals surface area contributed by atoms with Crippen LogP contribution in [0.4, 0.5) is 0 Å². The first-order valence-electron chi connectivity index (χ1n) is 7.06. The number of carbonyl (C=O) groups excluding carboxylic acids is 1. The molecule has 1 aromatic carbocycles. The Balaban J connectivity index is 0.00000113. The summed E-state index contributed by atoms with van der Waals surface area (Å²) in [4.78, 5) is 16.9. The van der Waals surface area contributed by atoms with E-state index in [9.17, 15) is 4.79 Å². The molecule has 2 aromatic heterocycles. The first kappa shape index (κ1) is 19.7. The second-order valence-corrected chi connectivity index (χ2v) is 6.53. The van der Waals surface area contributed by atoms with Gasteiger partial charge in [0.25, 0.3) is 5.91 Å². The minimum atomic E-state index is -0.0962. The van der Waals surface area contributed by atoms with Gasteiger partial charge in [0, 0.05) is 40.0 Å². The Morgan fingerprint density at radius 1 is 1.20 bits per heavy atom. The number of carbonyl (C=O) groups is 1. The Labute approximate surface area is 166 Å². The fraction of sp³-hybridized carbons (Fsp3) is 0.0588. The molecular weight excluding hydrogens is 401 g/mol. The summed E-state index contributed by atoms with van der Waals surface area (Å²) in [5, 5.41) is 6.64. The third-order valence-electron chi connectivity index (χ3n) is 3.72. The average molecular weight is 415 g/mol. The largest absolute Gasteiger partial charge is 0.364 e. The molecule has 0 fully saturated rings. The van der Waals surface area contributed by atoms with Crippen LogP contribution >= 0.6 is 48.2 Å². The summed E-state index contributed by atoms with van der Waals surface area (Å²) in [6.45, 7) is 0. The van der Waals surface area contributed by atoms with Gasteiger partial charge in [-0.1, -0.05) is 23.7 Å². The fourth-order valence-corrected chi connectivity index (χ4v) is 3.75. The molecule has 1 aliphatic heterocycles. The molecule has 1 N–H and O–H groups in total. The molecule has 0 saturated carbocycles. The van der Waals surface area contributed by atoms with Crippen molar-refractivity contribution in [3.8, 4) is 0 Å². The Morgan fingerprint density at radius 2 is 2.04 bits per heavy atom. The summed E-state index contributed by atoms with van der Waals surface area (Å²) < 4.78 is 1.62. The first-order valence-corrected chi connectivity index (χ1v) is 8.38. The van der Waals surface area contributed by atoms with E-state index in [0.717, 1.165) is 16.5 Å². The number of hydrogen-bond acceptors (Lipinski definition) is 4. The maximum absolute atomic E-state index is 12.8. The predicted octanol–water partition coefficient (Wildman–Crippen LogP) is 5.05. The number of fused-ring (bicyclic) bond motifs is 1. The van der Waals surface area contributed by atoms with Gasteiger partial charge in [-0.2, -0.15) is 0 Å². The SMILES string of the molecule is Cl.Cl.O=C(C1=CSC(c2cccnc2)N1)n1ccc2c(Cl)cccc21. The molecule has 0 spiro atoms. The number of halogens is 3. The molecule has 0 radical (unpaired) electrons. The van der Waals surface area contributed by atoms with Gasteiger partial charge in [-0.15, -0.1) is 36.6 Å². The molecule has 0 saturated heterocycles. The Kier molecular flexibility index (Phi) is 6.41. The molecule has 3 aromatic rings. The Hall–Kier alpha value is -1.66. The van der Waals surface area contributed by atoms with E-state index >= 15 is 0 Å². The smallest absolute Gasteiger partial charge is 0.279 e. The lowest BCUT2D eigenvalue weighted by Gasteiger charge is -2.12. The van der Waals surface area contributed by atoms with Gasteiger partial charge in [0.1, 0.15) is 11.1 Å². The summed E-state index contributed by atoms with van der Waals surface area (Å²) >= 11 is 7.74. The number of benzene rings is 1. The molecule has 8 heteroatoms. The Morgan fingerprint density at radius 3 is 2.80 bits per heavy atom. The first-order chi connectivity index (χ1) is 11.2. The van der Waals surface area contributed by atoms with Crippen LogP contribution in [0.1, 0.15) is 15.7 Å². The average Bonchev–Trinajstić information content (AvgIpc) is 3.23. The number of allylic oxidation sites excluding steroid dienone is 1. The van der Waals surface area contributed by atoms with Crippen LogP contribution in [0, 0.1) is 0 Å². The molecule has 25 heavy (non-hydrogen) atoms. The summed E-state index contributed by atoms with van der Waals surface area (Å²) in [6, 6.07) is 11.3. The summed E-state index contributed by atoms with van der Waals surface area (Å²) in [6.07, 6.45) is 5.29. The van der Waals surface area contributed by atoms with Gasteiger partial charge in [-0.25, -0.2) is 0 Å². The second-order valence-electron chi connectivity index (χ2n) is 5.14. The van der Waals surface area contributed by atoms with Gasteiger partial charge in [0.15, 0.2) is 0 Å². The standard InChI is InChI=1S/C17H12ClN3OS.2ClH/c18-13-4-1-5-15-12(13)6-8-21(15)17(22)14-10-23-16(20-14)11-3-2-7-19-9-11;;/h1-10,16,20H;2*1H. The molecule has 0 aliphatic carbocycles. The highest BCUT2D eigenvalue weighted by Gasteiger charge is 2.24. The molecule has 4 rings (SSSR count). The van der Waals surface area contributed by atoms with Gasteiger partial charge in [-0.3, -0.25) is 14.3 Å². The van der Waals surface area contributed by atoms with Gasteiger partial charge in [-0.05, 0) is 24.3 Å². The molecule has 1 aliphatic rings. The summed E-state index contributed by atoms with van der Waals surface area (Å²) in [5.41, 5.74) is 2.42. The molecule has 130 valence electrons. The summed E-state index contributed by atoms with van der Waals surface area (Å²) in [7, 11) is 0. The maximum Gasteiger partial charge on any atom is 0.279 e. The fourth-order valence-electron chi connectivity index (χ4n) is 2.59. The number of nitrogens with zero attached hydrogens (tertiary/aromatic N) is 2. The molecular formula is C17H14Cl3N3OS. The van der Waals surface area contributed by atoms with Crippen LogP contribution in [0.2, 0.25) is 5.02 Å². The Bertz CT molecular complexity index is 927. The van der Waals surface area contributed by atoms with Crippen LogP contribution in [-0.4, -0.2) is 15.5 Å². The highest BCUT2D eigenvalue weighted by atomic mass is 35.5. The van der Waals surface area contributed by atoms with E-state index in [2.05, 4.69) is 10.3 Å². The van der Waals surface area contributed by atoms with Crippen molar-refractivity contribution in [3.63, 3.8) is 0 Å². The zero-order valence-electron chi connectivity index (χ0n) is 12.8. The van der Waals surface area contributed by atoms with Gasteiger partial charge in [0.05, 0.1) is 5.52 Å². The van der Waals surface area contributed by atoms with Crippen molar-refractivity contribution in [3.05, 3.63) is 76.7 Å². The molecule has 1 atom stereocenters. The minimum absolute atomic E-state index is 0. The van der Waals surface area contributed by atoms with Gasteiger partial charge >= 0.3 is 0 Å². The quantitative estimate of drug-likeness (QED) is 0.637. The van der Waals surface area contributed by atoms with Crippen molar-refractivity contribution in [1.29, 1.82) is 0 Å². The van der Waals surface area contributed by atoms with E-state index in [-0.39, 0.29) is 36.1 Å². The van der Waals surface area contributed by atoms with Crippen LogP contribution in [0.25, 0.3) is 10.9 Å². The van der Waals surface area contributed by atoms with Crippen molar-refractivity contribution in [2.45, 2.75) is 5.37 Å². The van der Waals surface area contributed by atoms with Crippen LogP contribution in [0.3, 0.4) is 0 Å². The van der Waals surface area contributed by atoms with E-state index in [1.807, 2.05) is 41.8 Å². The number of thioether (sulfide) groups is 1. The van der Waals surface area contributed by atoms with Crippen LogP contribution in [0.15, 0.2) is 66.1 Å². The van der Waals surface area contributed by atoms with Crippen molar-refractivity contribution >= 4 is 65.0 Å². The zero-order chi connectivity index (χ0) is 15.8. The number of aromatic nitrogens is 2. The maximum atomic E-state index is 12.8.